The number of benzene rings is 2. The van der Waals surface area contributed by atoms with Crippen LogP contribution in [-0.4, -0.2) is 64.4 Å². The molecule has 1 saturated heterocycles. The molecule has 3 heterocycles. The Morgan fingerprint density at radius 3 is 2.45 bits per heavy atom. The van der Waals surface area contributed by atoms with Crippen molar-refractivity contribution in [2.24, 2.45) is 14.1 Å². The van der Waals surface area contributed by atoms with Gasteiger partial charge >= 0.3 is 11.7 Å². The highest BCUT2D eigenvalue weighted by atomic mass is 32.2. The third-order valence-corrected chi connectivity index (χ3v) is 8.52. The van der Waals surface area contributed by atoms with Gasteiger partial charge in [-0.1, -0.05) is 23.9 Å². The Morgan fingerprint density at radius 1 is 0.868 bits per heavy atom. The summed E-state index contributed by atoms with van der Waals surface area (Å²) in [6.07, 6.45) is 2.95. The molecule has 5 rings (SSSR count). The molecule has 0 radical (unpaired) electrons. The number of nitrogens with zero attached hydrogens (tertiary/aromatic N) is 5. The molecule has 0 saturated carbocycles. The molecular formula is C28H33N5O4S. The number of hydrogen-bond donors (Lipinski definition) is 1. The largest absolute Gasteiger partial charge is 0.478 e. The number of carbonyl (C=O) groups is 1. The van der Waals surface area contributed by atoms with E-state index in [2.05, 4.69) is 26.8 Å². The predicted octanol–water partition coefficient (Wildman–Crippen LogP) is 3.38. The van der Waals surface area contributed by atoms with Gasteiger partial charge in [-0.25, -0.2) is 9.59 Å². The molecule has 0 atom stereocenters. The van der Waals surface area contributed by atoms with Crippen LogP contribution in [0.2, 0.25) is 0 Å². The lowest BCUT2D eigenvalue weighted by atomic mass is 10.1. The fraction of sp³-hybridized carbons (Fsp3) is 0.393. The Hall–Kier alpha value is -3.50. The van der Waals surface area contributed by atoms with Crippen LogP contribution in [0.3, 0.4) is 0 Å². The van der Waals surface area contributed by atoms with Gasteiger partial charge in [0.2, 0.25) is 0 Å². The minimum atomic E-state index is -0.914. The molecule has 0 bridgehead atoms. The summed E-state index contributed by atoms with van der Waals surface area (Å²) in [5, 5.41) is 9.53. The highest BCUT2D eigenvalue weighted by molar-refractivity contribution is 7.99. The number of carboxylic acids is 1. The van der Waals surface area contributed by atoms with Gasteiger partial charge in [0, 0.05) is 56.1 Å². The lowest BCUT2D eigenvalue weighted by Crippen LogP contribution is -2.41. The van der Waals surface area contributed by atoms with Gasteiger partial charge in [0.15, 0.2) is 0 Å². The summed E-state index contributed by atoms with van der Waals surface area (Å²) in [5.74, 6) is -0.233. The standard InChI is InChI=1S/C28H33N5O4S/c1-29-25(19-26(34)30(2)28(29)37)32-14-7-13-31(16-17-32)12-5-6-15-33-21-8-3-4-9-23(21)38-24-11-10-20(27(35)36)18-22(24)33/h3-4,8-11,18-19H,5-7,12-17H2,1-2H3,(H,35,36). The van der Waals surface area contributed by atoms with Crippen LogP contribution in [0.4, 0.5) is 17.2 Å². The van der Waals surface area contributed by atoms with Gasteiger partial charge in [-0.05, 0) is 62.7 Å². The van der Waals surface area contributed by atoms with Gasteiger partial charge in [0.25, 0.3) is 5.56 Å². The van der Waals surface area contributed by atoms with E-state index in [0.29, 0.717) is 11.4 Å². The number of aromatic carboxylic acids is 1. The van der Waals surface area contributed by atoms with Gasteiger partial charge in [-0.15, -0.1) is 0 Å². The van der Waals surface area contributed by atoms with Crippen LogP contribution in [0.5, 0.6) is 0 Å². The lowest BCUT2D eigenvalue weighted by molar-refractivity contribution is 0.0697. The predicted molar refractivity (Wildman–Crippen MR) is 150 cm³/mol. The first-order valence-electron chi connectivity index (χ1n) is 13.0. The summed E-state index contributed by atoms with van der Waals surface area (Å²) in [5.41, 5.74) is 1.80. The van der Waals surface area contributed by atoms with Crippen molar-refractivity contribution in [1.29, 1.82) is 0 Å². The fourth-order valence-corrected chi connectivity index (χ4v) is 6.33. The number of hydrogen-bond acceptors (Lipinski definition) is 7. The van der Waals surface area contributed by atoms with Crippen LogP contribution < -0.4 is 21.0 Å². The van der Waals surface area contributed by atoms with Gasteiger partial charge in [-0.2, -0.15) is 0 Å². The summed E-state index contributed by atoms with van der Waals surface area (Å²) in [7, 11) is 3.22. The highest BCUT2D eigenvalue weighted by Gasteiger charge is 2.24. The molecule has 2 aliphatic rings. The SMILES string of the molecule is Cn1c(N2CCCN(CCCCN3c4ccccc4Sc4ccc(C(=O)O)cc43)CC2)cc(=O)n(C)c1=O. The minimum Gasteiger partial charge on any atom is -0.478 e. The summed E-state index contributed by atoms with van der Waals surface area (Å²) < 4.78 is 2.69. The Kier molecular flexibility index (Phi) is 7.62. The molecule has 1 aromatic heterocycles. The first kappa shape index (κ1) is 26.1. The summed E-state index contributed by atoms with van der Waals surface area (Å²) in [4.78, 5) is 45.3. The second-order valence-corrected chi connectivity index (χ2v) is 10.9. The maximum atomic E-state index is 12.4. The summed E-state index contributed by atoms with van der Waals surface area (Å²) in [6.45, 7) is 5.20. The number of carboxylic acid groups (broad SMARTS) is 1. The van der Waals surface area contributed by atoms with Gasteiger partial charge in [0.1, 0.15) is 5.82 Å². The van der Waals surface area contributed by atoms with E-state index >= 15 is 0 Å². The Balaban J connectivity index is 1.21. The van der Waals surface area contributed by atoms with E-state index in [1.54, 1.807) is 41.6 Å². The monoisotopic (exact) mass is 535 g/mol. The fourth-order valence-electron chi connectivity index (χ4n) is 5.26. The Bertz CT molecular complexity index is 1470. The van der Waals surface area contributed by atoms with Crippen LogP contribution in [-0.2, 0) is 14.1 Å². The van der Waals surface area contributed by atoms with Gasteiger partial charge < -0.3 is 19.8 Å². The molecule has 200 valence electrons. The third kappa shape index (κ3) is 5.23. The molecule has 2 aromatic carbocycles. The van der Waals surface area contributed by atoms with E-state index in [1.807, 2.05) is 18.2 Å². The van der Waals surface area contributed by atoms with Gasteiger partial charge in [0.05, 0.1) is 16.9 Å². The van der Waals surface area contributed by atoms with Crippen molar-refractivity contribution in [2.75, 3.05) is 49.1 Å². The number of anilines is 3. The average molecular weight is 536 g/mol. The number of para-hydroxylation sites is 1. The molecular weight excluding hydrogens is 502 g/mol. The zero-order valence-electron chi connectivity index (χ0n) is 21.8. The first-order valence-corrected chi connectivity index (χ1v) is 13.8. The van der Waals surface area contributed by atoms with Crippen molar-refractivity contribution in [1.82, 2.24) is 14.0 Å². The van der Waals surface area contributed by atoms with Crippen LogP contribution in [0, 0.1) is 0 Å². The zero-order valence-corrected chi connectivity index (χ0v) is 22.6. The molecule has 3 aromatic rings. The second kappa shape index (κ2) is 11.1. The average Bonchev–Trinajstić information content (AvgIpc) is 3.16. The highest BCUT2D eigenvalue weighted by Crippen LogP contribution is 2.48. The van der Waals surface area contributed by atoms with E-state index < -0.39 is 5.97 Å². The first-order chi connectivity index (χ1) is 18.3. The normalized spacial score (nSPS) is 15.6. The Labute approximate surface area is 225 Å². The minimum absolute atomic E-state index is 0.279. The third-order valence-electron chi connectivity index (χ3n) is 7.39. The van der Waals surface area contributed by atoms with Crippen molar-refractivity contribution >= 4 is 34.9 Å². The molecule has 38 heavy (non-hydrogen) atoms. The van der Waals surface area contributed by atoms with Gasteiger partial charge in [-0.3, -0.25) is 13.9 Å². The molecule has 0 aliphatic carbocycles. The van der Waals surface area contributed by atoms with Crippen LogP contribution >= 0.6 is 11.8 Å². The molecule has 9 nitrogen and oxygen atoms in total. The maximum absolute atomic E-state index is 12.4. The molecule has 0 spiro atoms. The topological polar surface area (TPSA) is 91.0 Å². The second-order valence-electron chi connectivity index (χ2n) is 9.84. The number of rotatable bonds is 7. The molecule has 2 aliphatic heterocycles. The number of unbranched alkanes of at least 4 members (excludes halogenated alkanes) is 1. The van der Waals surface area contributed by atoms with E-state index in [-0.39, 0.29) is 11.2 Å². The number of fused-ring (bicyclic) bond motifs is 2. The van der Waals surface area contributed by atoms with Crippen molar-refractivity contribution in [3.05, 3.63) is 74.9 Å². The zero-order chi connectivity index (χ0) is 26.8. The smallest absolute Gasteiger partial charge is 0.335 e. The molecule has 1 fully saturated rings. The maximum Gasteiger partial charge on any atom is 0.335 e. The molecule has 1 N–H and O–H groups in total. The van der Waals surface area contributed by atoms with Crippen molar-refractivity contribution in [3.63, 3.8) is 0 Å². The quantitative estimate of drug-likeness (QED) is 0.461. The molecule has 10 heteroatoms. The van der Waals surface area contributed by atoms with Crippen LogP contribution in [0.25, 0.3) is 0 Å². The van der Waals surface area contributed by atoms with E-state index in [4.69, 9.17) is 0 Å². The summed E-state index contributed by atoms with van der Waals surface area (Å²) >= 11 is 1.68. The summed E-state index contributed by atoms with van der Waals surface area (Å²) in [6, 6.07) is 15.2. The van der Waals surface area contributed by atoms with E-state index in [1.165, 1.54) is 11.9 Å². The van der Waals surface area contributed by atoms with Crippen LogP contribution in [0.15, 0.2) is 67.9 Å². The Morgan fingerprint density at radius 2 is 1.63 bits per heavy atom. The molecule has 0 amide bonds. The number of aromatic nitrogens is 2. The van der Waals surface area contributed by atoms with Crippen molar-refractivity contribution < 1.29 is 9.90 Å². The lowest BCUT2D eigenvalue weighted by Gasteiger charge is -2.33. The van der Waals surface area contributed by atoms with Crippen molar-refractivity contribution in [3.8, 4) is 0 Å². The van der Waals surface area contributed by atoms with Crippen molar-refractivity contribution in [2.45, 2.75) is 29.1 Å². The van der Waals surface area contributed by atoms with E-state index in [0.717, 1.165) is 79.4 Å². The van der Waals surface area contributed by atoms with E-state index in [9.17, 15) is 19.5 Å². The van der Waals surface area contributed by atoms with Crippen LogP contribution in [0.1, 0.15) is 29.6 Å². The molecule has 0 unspecified atom stereocenters.